The van der Waals surface area contributed by atoms with Gasteiger partial charge in [0.15, 0.2) is 9.84 Å². The molecule has 3 aromatic rings. The van der Waals surface area contributed by atoms with Crippen LogP contribution in [0.3, 0.4) is 0 Å². The van der Waals surface area contributed by atoms with Gasteiger partial charge in [0, 0.05) is 41.9 Å². The normalized spacial score (nSPS) is 12.5. The quantitative estimate of drug-likeness (QED) is 0.466. The number of alkyl halides is 2. The lowest BCUT2D eigenvalue weighted by Crippen LogP contribution is -2.31. The van der Waals surface area contributed by atoms with Crippen molar-refractivity contribution in [1.29, 1.82) is 0 Å². The van der Waals surface area contributed by atoms with E-state index < -0.39 is 27.6 Å². The number of hydrogen-bond donors (Lipinski definition) is 1. The van der Waals surface area contributed by atoms with Gasteiger partial charge in [-0.05, 0) is 49.6 Å². The number of hydrogen-bond acceptors (Lipinski definition) is 4. The summed E-state index contributed by atoms with van der Waals surface area (Å²) in [5, 5.41) is 2.70. The third-order valence-corrected chi connectivity index (χ3v) is 7.16. The predicted molar refractivity (Wildman–Crippen MR) is 132 cm³/mol. The Labute approximate surface area is 203 Å². The van der Waals surface area contributed by atoms with Gasteiger partial charge in [-0.1, -0.05) is 37.3 Å². The van der Waals surface area contributed by atoms with Crippen molar-refractivity contribution >= 4 is 15.7 Å². The first-order valence-corrected chi connectivity index (χ1v) is 13.0. The monoisotopic (exact) mass is 502 g/mol. The number of rotatable bonds is 8. The van der Waals surface area contributed by atoms with Crippen molar-refractivity contribution in [2.75, 3.05) is 6.26 Å². The highest BCUT2D eigenvalue weighted by molar-refractivity contribution is 7.90. The number of amides is 1. The SMILES string of the molecule is CC[C@H](C)n1cc(C(=O)NCc2ccc(S(C)(=O)=O)cc2)c(=O)c(-c2cccc(C(F)F)c2)c1C. The van der Waals surface area contributed by atoms with Gasteiger partial charge >= 0.3 is 0 Å². The van der Waals surface area contributed by atoms with Crippen LogP contribution in [0.2, 0.25) is 0 Å². The minimum absolute atomic E-state index is 0.0391. The molecular formula is C26H28F2N2O4S. The first-order valence-electron chi connectivity index (χ1n) is 11.2. The minimum Gasteiger partial charge on any atom is -0.348 e. The number of pyridine rings is 1. The second kappa shape index (κ2) is 10.5. The highest BCUT2D eigenvalue weighted by Crippen LogP contribution is 2.28. The molecule has 0 fully saturated rings. The summed E-state index contributed by atoms with van der Waals surface area (Å²) in [4.78, 5) is 26.6. The highest BCUT2D eigenvalue weighted by Gasteiger charge is 2.21. The van der Waals surface area contributed by atoms with E-state index in [2.05, 4.69) is 5.32 Å². The van der Waals surface area contributed by atoms with Crippen LogP contribution < -0.4 is 10.7 Å². The highest BCUT2D eigenvalue weighted by atomic mass is 32.2. The first-order chi connectivity index (χ1) is 16.4. The number of aromatic nitrogens is 1. The maximum atomic E-state index is 13.4. The molecule has 0 spiro atoms. The molecule has 1 N–H and O–H groups in total. The van der Waals surface area contributed by atoms with Crippen molar-refractivity contribution in [3.8, 4) is 11.1 Å². The molecule has 0 radical (unpaired) electrons. The fourth-order valence-electron chi connectivity index (χ4n) is 3.84. The second-order valence-corrected chi connectivity index (χ2v) is 10.5. The number of carbonyl (C=O) groups excluding carboxylic acids is 1. The van der Waals surface area contributed by atoms with Gasteiger partial charge in [-0.3, -0.25) is 9.59 Å². The molecule has 1 heterocycles. The van der Waals surface area contributed by atoms with E-state index in [1.165, 1.54) is 36.5 Å². The van der Waals surface area contributed by atoms with Gasteiger partial charge in [0.05, 0.1) is 4.90 Å². The zero-order valence-electron chi connectivity index (χ0n) is 20.0. The molecule has 0 unspecified atom stereocenters. The van der Waals surface area contributed by atoms with Gasteiger partial charge in [-0.2, -0.15) is 0 Å². The third-order valence-electron chi connectivity index (χ3n) is 6.03. The average Bonchev–Trinajstić information content (AvgIpc) is 2.82. The lowest BCUT2D eigenvalue weighted by atomic mass is 9.98. The summed E-state index contributed by atoms with van der Waals surface area (Å²) in [5.41, 5.74) is 0.934. The first kappa shape index (κ1) is 26.3. The minimum atomic E-state index is -3.34. The molecule has 186 valence electrons. The van der Waals surface area contributed by atoms with Crippen molar-refractivity contribution in [3.63, 3.8) is 0 Å². The molecule has 6 nitrogen and oxygen atoms in total. The van der Waals surface area contributed by atoms with Crippen LogP contribution in [0.1, 0.15) is 59.9 Å². The Kier molecular flexibility index (Phi) is 7.90. The Balaban J connectivity index is 2.01. The van der Waals surface area contributed by atoms with Gasteiger partial charge in [-0.25, -0.2) is 17.2 Å². The number of nitrogens with one attached hydrogen (secondary N) is 1. The number of benzene rings is 2. The van der Waals surface area contributed by atoms with Crippen LogP contribution in [0, 0.1) is 6.92 Å². The Morgan fingerprint density at radius 3 is 2.34 bits per heavy atom. The lowest BCUT2D eigenvalue weighted by molar-refractivity contribution is 0.0948. The van der Waals surface area contributed by atoms with Gasteiger partial charge < -0.3 is 9.88 Å². The fourth-order valence-corrected chi connectivity index (χ4v) is 4.47. The van der Waals surface area contributed by atoms with Gasteiger partial charge in [0.2, 0.25) is 5.43 Å². The summed E-state index contributed by atoms with van der Waals surface area (Å²) in [7, 11) is -3.34. The Bertz CT molecular complexity index is 1400. The van der Waals surface area contributed by atoms with E-state index >= 15 is 0 Å². The molecule has 0 saturated carbocycles. The van der Waals surface area contributed by atoms with Gasteiger partial charge in [-0.15, -0.1) is 0 Å². The van der Waals surface area contributed by atoms with E-state index in [0.717, 1.165) is 12.7 Å². The smallest absolute Gasteiger partial charge is 0.263 e. The molecular weight excluding hydrogens is 474 g/mol. The topological polar surface area (TPSA) is 85.2 Å². The van der Waals surface area contributed by atoms with Crippen molar-refractivity contribution in [3.05, 3.63) is 87.3 Å². The molecule has 0 saturated heterocycles. The fraction of sp³-hybridized carbons (Fsp3) is 0.308. The lowest BCUT2D eigenvalue weighted by Gasteiger charge is -2.22. The predicted octanol–water partition coefficient (Wildman–Crippen LogP) is 5.07. The molecule has 0 aliphatic carbocycles. The number of carbonyl (C=O) groups is 1. The summed E-state index contributed by atoms with van der Waals surface area (Å²) < 4.78 is 51.7. The van der Waals surface area contributed by atoms with Crippen molar-refractivity contribution in [2.45, 2.75) is 51.1 Å². The summed E-state index contributed by atoms with van der Waals surface area (Å²) in [6, 6.07) is 11.7. The maximum Gasteiger partial charge on any atom is 0.263 e. The van der Waals surface area contributed by atoms with E-state index in [-0.39, 0.29) is 34.2 Å². The number of nitrogens with zero attached hydrogens (tertiary/aromatic N) is 1. The van der Waals surface area contributed by atoms with Crippen molar-refractivity contribution < 1.29 is 22.0 Å². The molecule has 0 aliphatic rings. The number of halogens is 2. The molecule has 1 aromatic heterocycles. The third kappa shape index (κ3) is 5.85. The Hall–Kier alpha value is -3.33. The second-order valence-electron chi connectivity index (χ2n) is 8.52. The summed E-state index contributed by atoms with van der Waals surface area (Å²) in [6.45, 7) is 5.74. The summed E-state index contributed by atoms with van der Waals surface area (Å²) >= 11 is 0. The average molecular weight is 503 g/mol. The van der Waals surface area contributed by atoms with E-state index in [0.29, 0.717) is 16.8 Å². The molecule has 2 aromatic carbocycles. The summed E-state index contributed by atoms with van der Waals surface area (Å²) in [5.74, 6) is -0.606. The van der Waals surface area contributed by atoms with Crippen LogP contribution in [-0.4, -0.2) is 25.1 Å². The number of sulfone groups is 1. The van der Waals surface area contributed by atoms with Crippen LogP contribution in [0.4, 0.5) is 8.78 Å². The molecule has 3 rings (SSSR count). The molecule has 1 amide bonds. The van der Waals surface area contributed by atoms with Crippen LogP contribution in [0.15, 0.2) is 64.4 Å². The van der Waals surface area contributed by atoms with Gasteiger partial charge in [0.1, 0.15) is 5.56 Å². The molecule has 9 heteroatoms. The molecule has 0 aliphatic heterocycles. The van der Waals surface area contributed by atoms with Crippen LogP contribution >= 0.6 is 0 Å². The van der Waals surface area contributed by atoms with Crippen LogP contribution in [0.5, 0.6) is 0 Å². The zero-order chi connectivity index (χ0) is 25.9. The largest absolute Gasteiger partial charge is 0.348 e. The standard InChI is InChI=1S/C26H28F2N2O4S/c1-5-16(2)30-15-22(26(32)29-14-18-9-11-21(12-10-18)35(4,33)34)24(31)23(17(30)3)19-7-6-8-20(13-19)25(27)28/h6-13,15-16,25H,5,14H2,1-4H3,(H,29,32)/t16-/m0/s1. The maximum absolute atomic E-state index is 13.4. The van der Waals surface area contributed by atoms with Crippen LogP contribution in [0.25, 0.3) is 11.1 Å². The molecule has 1 atom stereocenters. The van der Waals surface area contributed by atoms with Gasteiger partial charge in [0.25, 0.3) is 12.3 Å². The van der Waals surface area contributed by atoms with E-state index in [1.54, 1.807) is 25.1 Å². The Morgan fingerprint density at radius 1 is 1.11 bits per heavy atom. The summed E-state index contributed by atoms with van der Waals surface area (Å²) in [6.07, 6.45) is 0.660. The Morgan fingerprint density at radius 2 is 1.77 bits per heavy atom. The van der Waals surface area contributed by atoms with E-state index in [4.69, 9.17) is 0 Å². The van der Waals surface area contributed by atoms with Crippen LogP contribution in [-0.2, 0) is 16.4 Å². The molecule has 0 bridgehead atoms. The zero-order valence-corrected chi connectivity index (χ0v) is 20.8. The van der Waals surface area contributed by atoms with E-state index in [1.807, 2.05) is 18.4 Å². The van der Waals surface area contributed by atoms with E-state index in [9.17, 15) is 26.8 Å². The molecule has 35 heavy (non-hydrogen) atoms. The van der Waals surface area contributed by atoms with Crippen molar-refractivity contribution in [2.24, 2.45) is 0 Å². The van der Waals surface area contributed by atoms with Crippen molar-refractivity contribution in [1.82, 2.24) is 9.88 Å².